The first-order valence-electron chi connectivity index (χ1n) is 6.14. The molecular weight excluding hydrogens is 220 g/mol. The zero-order valence-electron chi connectivity index (χ0n) is 10.9. The molecule has 0 atom stereocenters. The molecule has 0 radical (unpaired) electrons. The van der Waals surface area contributed by atoms with E-state index >= 15 is 0 Å². The number of nitrogens with zero attached hydrogens (tertiary/aromatic N) is 1. The van der Waals surface area contributed by atoms with Gasteiger partial charge in [-0.15, -0.1) is 0 Å². The third-order valence-corrected chi connectivity index (χ3v) is 2.40. The summed E-state index contributed by atoms with van der Waals surface area (Å²) in [6, 6.07) is 0. The second kappa shape index (κ2) is 10.00. The minimum absolute atomic E-state index is 0.600. The lowest BCUT2D eigenvalue weighted by Crippen LogP contribution is -2.33. The number of thiocarbonyl (C=S) groups is 1. The van der Waals surface area contributed by atoms with Crippen molar-refractivity contribution in [3.05, 3.63) is 0 Å². The van der Waals surface area contributed by atoms with Crippen molar-refractivity contribution in [3.63, 3.8) is 0 Å². The molecule has 0 rings (SSSR count). The van der Waals surface area contributed by atoms with Crippen molar-refractivity contribution in [1.29, 1.82) is 0 Å². The summed E-state index contributed by atoms with van der Waals surface area (Å²) in [6.07, 6.45) is 1.88. The summed E-state index contributed by atoms with van der Waals surface area (Å²) in [5.74, 6) is 0.664. The van der Waals surface area contributed by atoms with Crippen molar-refractivity contribution >= 4 is 17.2 Å². The zero-order chi connectivity index (χ0) is 12.4. The SMILES string of the molecule is CCCOCCN(CCC(N)=S)CC(C)C. The first kappa shape index (κ1) is 15.8. The van der Waals surface area contributed by atoms with E-state index in [1.54, 1.807) is 0 Å². The highest BCUT2D eigenvalue weighted by molar-refractivity contribution is 7.80. The van der Waals surface area contributed by atoms with Gasteiger partial charge in [0.25, 0.3) is 0 Å². The monoisotopic (exact) mass is 246 g/mol. The molecule has 0 bridgehead atoms. The first-order valence-corrected chi connectivity index (χ1v) is 6.55. The quantitative estimate of drug-likeness (QED) is 0.473. The Balaban J connectivity index is 3.76. The molecule has 0 aromatic rings. The van der Waals surface area contributed by atoms with E-state index in [2.05, 4.69) is 25.7 Å². The molecule has 0 aliphatic carbocycles. The van der Waals surface area contributed by atoms with Crippen LogP contribution in [0.2, 0.25) is 0 Å². The molecule has 0 aromatic heterocycles. The molecular formula is C12H26N2OS. The summed E-state index contributed by atoms with van der Waals surface area (Å²) in [5.41, 5.74) is 5.52. The minimum atomic E-state index is 0.600. The zero-order valence-corrected chi connectivity index (χ0v) is 11.7. The third-order valence-electron chi connectivity index (χ3n) is 2.20. The number of nitrogens with two attached hydrogens (primary N) is 1. The van der Waals surface area contributed by atoms with Gasteiger partial charge in [-0.1, -0.05) is 33.0 Å². The molecule has 0 amide bonds. The van der Waals surface area contributed by atoms with E-state index in [1.165, 1.54) is 0 Å². The van der Waals surface area contributed by atoms with Crippen molar-refractivity contribution in [2.45, 2.75) is 33.6 Å². The van der Waals surface area contributed by atoms with E-state index in [-0.39, 0.29) is 0 Å². The van der Waals surface area contributed by atoms with Crippen LogP contribution in [0.1, 0.15) is 33.6 Å². The predicted molar refractivity (Wildman–Crippen MR) is 73.8 cm³/mol. The molecule has 0 heterocycles. The normalized spacial score (nSPS) is 11.3. The summed E-state index contributed by atoms with van der Waals surface area (Å²) in [6.45, 7) is 11.2. The third kappa shape index (κ3) is 10.3. The highest BCUT2D eigenvalue weighted by atomic mass is 32.1. The van der Waals surface area contributed by atoms with Crippen molar-refractivity contribution in [3.8, 4) is 0 Å². The van der Waals surface area contributed by atoms with Gasteiger partial charge in [-0.25, -0.2) is 0 Å². The Morgan fingerprint density at radius 3 is 2.50 bits per heavy atom. The van der Waals surface area contributed by atoms with Gasteiger partial charge < -0.3 is 15.4 Å². The average molecular weight is 246 g/mol. The molecule has 0 saturated heterocycles. The van der Waals surface area contributed by atoms with Gasteiger partial charge in [0.2, 0.25) is 0 Å². The minimum Gasteiger partial charge on any atom is -0.393 e. The maximum atomic E-state index is 5.52. The summed E-state index contributed by atoms with van der Waals surface area (Å²) >= 11 is 4.90. The van der Waals surface area contributed by atoms with Crippen LogP contribution in [0.3, 0.4) is 0 Å². The van der Waals surface area contributed by atoms with Crippen LogP contribution in [-0.2, 0) is 4.74 Å². The van der Waals surface area contributed by atoms with Crippen LogP contribution in [-0.4, -0.2) is 42.7 Å². The second-order valence-electron chi connectivity index (χ2n) is 4.52. The predicted octanol–water partition coefficient (Wildman–Crippen LogP) is 2.05. The van der Waals surface area contributed by atoms with Crippen LogP contribution < -0.4 is 5.73 Å². The van der Waals surface area contributed by atoms with E-state index in [0.29, 0.717) is 10.9 Å². The van der Waals surface area contributed by atoms with E-state index in [0.717, 1.165) is 45.7 Å². The van der Waals surface area contributed by atoms with Crippen molar-refractivity contribution < 1.29 is 4.74 Å². The number of ether oxygens (including phenoxy) is 1. The van der Waals surface area contributed by atoms with Crippen molar-refractivity contribution in [2.24, 2.45) is 11.7 Å². The average Bonchev–Trinajstić information content (AvgIpc) is 2.19. The standard InChI is InChI=1S/C12H26N2OS/c1-4-8-15-9-7-14(10-11(2)3)6-5-12(13)16/h11H,4-10H2,1-3H3,(H2,13,16). The van der Waals surface area contributed by atoms with Crippen LogP contribution in [0.4, 0.5) is 0 Å². The van der Waals surface area contributed by atoms with E-state index in [4.69, 9.17) is 22.7 Å². The Morgan fingerprint density at radius 2 is 2.00 bits per heavy atom. The first-order chi connectivity index (χ1) is 7.56. The van der Waals surface area contributed by atoms with Crippen LogP contribution in [0.5, 0.6) is 0 Å². The lowest BCUT2D eigenvalue weighted by Gasteiger charge is -2.23. The van der Waals surface area contributed by atoms with Crippen molar-refractivity contribution in [2.75, 3.05) is 32.8 Å². The van der Waals surface area contributed by atoms with Gasteiger partial charge in [0.05, 0.1) is 11.6 Å². The topological polar surface area (TPSA) is 38.5 Å². The Labute approximate surface area is 105 Å². The molecule has 0 saturated carbocycles. The molecule has 0 fully saturated rings. The summed E-state index contributed by atoms with van der Waals surface area (Å²) in [4.78, 5) is 2.97. The largest absolute Gasteiger partial charge is 0.393 e. The highest BCUT2D eigenvalue weighted by Crippen LogP contribution is 2.00. The lowest BCUT2D eigenvalue weighted by atomic mass is 10.2. The smallest absolute Gasteiger partial charge is 0.0740 e. The van der Waals surface area contributed by atoms with E-state index in [9.17, 15) is 0 Å². The van der Waals surface area contributed by atoms with Crippen molar-refractivity contribution in [1.82, 2.24) is 4.90 Å². The van der Waals surface area contributed by atoms with E-state index < -0.39 is 0 Å². The van der Waals surface area contributed by atoms with Gasteiger partial charge in [-0.05, 0) is 12.3 Å². The fourth-order valence-corrected chi connectivity index (χ4v) is 1.61. The fourth-order valence-electron chi connectivity index (χ4n) is 1.52. The van der Waals surface area contributed by atoms with E-state index in [1.807, 2.05) is 0 Å². The van der Waals surface area contributed by atoms with Gasteiger partial charge in [0.1, 0.15) is 0 Å². The van der Waals surface area contributed by atoms with Gasteiger partial charge in [0.15, 0.2) is 0 Å². The molecule has 2 N–H and O–H groups in total. The summed E-state index contributed by atoms with van der Waals surface area (Å²) in [7, 11) is 0. The van der Waals surface area contributed by atoms with Crippen LogP contribution in [0, 0.1) is 5.92 Å². The Kier molecular flexibility index (Phi) is 9.88. The van der Waals surface area contributed by atoms with Gasteiger partial charge in [0, 0.05) is 32.7 Å². The molecule has 0 spiro atoms. The molecule has 96 valence electrons. The van der Waals surface area contributed by atoms with Gasteiger partial charge in [-0.2, -0.15) is 0 Å². The number of hydrogen-bond acceptors (Lipinski definition) is 3. The van der Waals surface area contributed by atoms with Gasteiger partial charge >= 0.3 is 0 Å². The lowest BCUT2D eigenvalue weighted by molar-refractivity contribution is 0.101. The highest BCUT2D eigenvalue weighted by Gasteiger charge is 2.07. The maximum Gasteiger partial charge on any atom is 0.0740 e. The molecule has 0 aliphatic rings. The van der Waals surface area contributed by atoms with Crippen LogP contribution in [0.25, 0.3) is 0 Å². The van der Waals surface area contributed by atoms with Crippen LogP contribution >= 0.6 is 12.2 Å². The second-order valence-corrected chi connectivity index (χ2v) is 5.05. The Morgan fingerprint density at radius 1 is 1.31 bits per heavy atom. The Hall–Kier alpha value is -0.190. The fraction of sp³-hybridized carbons (Fsp3) is 0.917. The molecule has 3 nitrogen and oxygen atoms in total. The molecule has 0 aliphatic heterocycles. The molecule has 4 heteroatoms. The summed E-state index contributed by atoms with van der Waals surface area (Å²) in [5, 5.41) is 0. The molecule has 16 heavy (non-hydrogen) atoms. The van der Waals surface area contributed by atoms with Gasteiger partial charge in [-0.3, -0.25) is 0 Å². The number of hydrogen-bond donors (Lipinski definition) is 1. The van der Waals surface area contributed by atoms with Crippen LogP contribution in [0.15, 0.2) is 0 Å². The maximum absolute atomic E-state index is 5.52. The molecule has 0 unspecified atom stereocenters. The molecule has 0 aromatic carbocycles. The number of rotatable bonds is 10. The Bertz CT molecular complexity index is 186. The summed E-state index contributed by atoms with van der Waals surface area (Å²) < 4.78 is 5.50.